The van der Waals surface area contributed by atoms with Crippen LogP contribution in [0.2, 0.25) is 0 Å². The Morgan fingerprint density at radius 3 is 2.67 bits per heavy atom. The standard InChI is InChI=1S/C13H14O2/c1-10-12-6-4-3-5-11(12)7-8-13(10)15-9-14-2/h3-8H,9H2,1-2H3. The lowest BCUT2D eigenvalue weighted by Gasteiger charge is -2.10. The molecule has 0 aliphatic carbocycles. The summed E-state index contributed by atoms with van der Waals surface area (Å²) in [4.78, 5) is 0. The summed E-state index contributed by atoms with van der Waals surface area (Å²) in [7, 11) is 1.62. The van der Waals surface area contributed by atoms with Crippen LogP contribution in [0.5, 0.6) is 5.75 Å². The highest BCUT2D eigenvalue weighted by Crippen LogP contribution is 2.26. The molecule has 0 spiro atoms. The average molecular weight is 202 g/mol. The lowest BCUT2D eigenvalue weighted by Crippen LogP contribution is -2.00. The van der Waals surface area contributed by atoms with Gasteiger partial charge in [-0.1, -0.05) is 30.3 Å². The Bertz CT molecular complexity index is 463. The maximum atomic E-state index is 5.47. The molecule has 0 aromatic heterocycles. The highest BCUT2D eigenvalue weighted by atomic mass is 16.7. The summed E-state index contributed by atoms with van der Waals surface area (Å²) in [6, 6.07) is 12.3. The Kier molecular flexibility index (Phi) is 2.88. The zero-order valence-electron chi connectivity index (χ0n) is 8.99. The first-order chi connectivity index (χ1) is 7.33. The third-order valence-corrected chi connectivity index (χ3v) is 2.48. The molecule has 2 nitrogen and oxygen atoms in total. The first-order valence-corrected chi connectivity index (χ1v) is 4.93. The Hall–Kier alpha value is -1.54. The number of hydrogen-bond donors (Lipinski definition) is 0. The van der Waals surface area contributed by atoms with Crippen molar-refractivity contribution in [2.75, 3.05) is 13.9 Å². The molecule has 0 aliphatic rings. The minimum atomic E-state index is 0.291. The fourth-order valence-corrected chi connectivity index (χ4v) is 1.69. The number of fused-ring (bicyclic) bond motifs is 1. The molecule has 2 heteroatoms. The van der Waals surface area contributed by atoms with E-state index in [2.05, 4.69) is 25.1 Å². The van der Waals surface area contributed by atoms with Gasteiger partial charge in [-0.3, -0.25) is 0 Å². The zero-order valence-corrected chi connectivity index (χ0v) is 8.99. The molecular formula is C13H14O2. The number of aryl methyl sites for hydroxylation is 1. The number of rotatable bonds is 3. The molecule has 0 saturated heterocycles. The average Bonchev–Trinajstić information content (AvgIpc) is 2.29. The van der Waals surface area contributed by atoms with E-state index in [0.29, 0.717) is 6.79 Å². The molecule has 0 unspecified atom stereocenters. The summed E-state index contributed by atoms with van der Waals surface area (Å²) >= 11 is 0. The molecule has 2 aromatic rings. The maximum absolute atomic E-state index is 5.47. The predicted octanol–water partition coefficient (Wildman–Crippen LogP) is 3.13. The van der Waals surface area contributed by atoms with E-state index in [1.165, 1.54) is 10.8 Å². The Balaban J connectivity index is 2.45. The number of benzene rings is 2. The van der Waals surface area contributed by atoms with Gasteiger partial charge in [0.25, 0.3) is 0 Å². The molecule has 78 valence electrons. The van der Waals surface area contributed by atoms with E-state index in [9.17, 15) is 0 Å². The largest absolute Gasteiger partial charge is 0.467 e. The van der Waals surface area contributed by atoms with E-state index in [1.54, 1.807) is 7.11 Å². The van der Waals surface area contributed by atoms with Crippen LogP contribution in [-0.2, 0) is 4.74 Å². The summed E-state index contributed by atoms with van der Waals surface area (Å²) < 4.78 is 10.4. The van der Waals surface area contributed by atoms with Crippen molar-refractivity contribution in [2.45, 2.75) is 6.92 Å². The molecule has 0 fully saturated rings. The summed E-state index contributed by atoms with van der Waals surface area (Å²) in [5.41, 5.74) is 1.16. The van der Waals surface area contributed by atoms with Crippen molar-refractivity contribution in [2.24, 2.45) is 0 Å². The monoisotopic (exact) mass is 202 g/mol. The quantitative estimate of drug-likeness (QED) is 0.712. The van der Waals surface area contributed by atoms with Gasteiger partial charge < -0.3 is 9.47 Å². The van der Waals surface area contributed by atoms with Gasteiger partial charge >= 0.3 is 0 Å². The Morgan fingerprint density at radius 1 is 1.07 bits per heavy atom. The van der Waals surface area contributed by atoms with Crippen molar-refractivity contribution < 1.29 is 9.47 Å². The van der Waals surface area contributed by atoms with Crippen molar-refractivity contribution in [1.29, 1.82) is 0 Å². The van der Waals surface area contributed by atoms with Crippen LogP contribution in [0.4, 0.5) is 0 Å². The lowest BCUT2D eigenvalue weighted by molar-refractivity contribution is 0.0507. The van der Waals surface area contributed by atoms with Crippen molar-refractivity contribution in [1.82, 2.24) is 0 Å². The van der Waals surface area contributed by atoms with Crippen LogP contribution in [0.3, 0.4) is 0 Å². The maximum Gasteiger partial charge on any atom is 0.188 e. The fraction of sp³-hybridized carbons (Fsp3) is 0.231. The van der Waals surface area contributed by atoms with E-state index in [4.69, 9.17) is 9.47 Å². The van der Waals surface area contributed by atoms with Gasteiger partial charge in [0.2, 0.25) is 0 Å². The third kappa shape index (κ3) is 1.95. The molecule has 0 N–H and O–H groups in total. The number of ether oxygens (including phenoxy) is 2. The van der Waals surface area contributed by atoms with Crippen LogP contribution in [-0.4, -0.2) is 13.9 Å². The van der Waals surface area contributed by atoms with Gasteiger partial charge in [-0.15, -0.1) is 0 Å². The zero-order chi connectivity index (χ0) is 10.7. The molecule has 2 aromatic carbocycles. The van der Waals surface area contributed by atoms with Gasteiger partial charge in [0.05, 0.1) is 0 Å². The molecular weight excluding hydrogens is 188 g/mol. The fourth-order valence-electron chi connectivity index (χ4n) is 1.69. The van der Waals surface area contributed by atoms with Gasteiger partial charge in [-0.25, -0.2) is 0 Å². The SMILES string of the molecule is COCOc1ccc2ccccc2c1C. The minimum Gasteiger partial charge on any atom is -0.467 e. The normalized spacial score (nSPS) is 10.5. The van der Waals surface area contributed by atoms with E-state index in [0.717, 1.165) is 11.3 Å². The first kappa shape index (κ1) is 9.99. The first-order valence-electron chi connectivity index (χ1n) is 4.93. The Labute approximate surface area is 89.4 Å². The van der Waals surface area contributed by atoms with Crippen molar-refractivity contribution in [3.63, 3.8) is 0 Å². The molecule has 2 rings (SSSR count). The predicted molar refractivity (Wildman–Crippen MR) is 61.2 cm³/mol. The van der Waals surface area contributed by atoms with E-state index >= 15 is 0 Å². The molecule has 0 heterocycles. The van der Waals surface area contributed by atoms with Crippen molar-refractivity contribution in [3.8, 4) is 5.75 Å². The van der Waals surface area contributed by atoms with Crippen molar-refractivity contribution >= 4 is 10.8 Å². The van der Waals surface area contributed by atoms with Crippen molar-refractivity contribution in [3.05, 3.63) is 42.0 Å². The van der Waals surface area contributed by atoms with Gasteiger partial charge in [-0.05, 0) is 29.3 Å². The van der Waals surface area contributed by atoms with E-state index < -0.39 is 0 Å². The second-order valence-corrected chi connectivity index (χ2v) is 3.46. The molecule has 0 radical (unpaired) electrons. The molecule has 15 heavy (non-hydrogen) atoms. The van der Waals surface area contributed by atoms with Gasteiger partial charge in [0, 0.05) is 7.11 Å². The van der Waals surface area contributed by atoms with Crippen LogP contribution in [0.1, 0.15) is 5.56 Å². The van der Waals surface area contributed by atoms with Crippen LogP contribution >= 0.6 is 0 Å². The number of methoxy groups -OCH3 is 1. The van der Waals surface area contributed by atoms with Gasteiger partial charge in [-0.2, -0.15) is 0 Å². The number of hydrogen-bond acceptors (Lipinski definition) is 2. The molecule has 0 amide bonds. The van der Waals surface area contributed by atoms with Crippen LogP contribution in [0.25, 0.3) is 10.8 Å². The lowest BCUT2D eigenvalue weighted by atomic mass is 10.1. The second kappa shape index (κ2) is 4.32. The highest BCUT2D eigenvalue weighted by Gasteiger charge is 2.03. The van der Waals surface area contributed by atoms with Crippen LogP contribution < -0.4 is 4.74 Å². The smallest absolute Gasteiger partial charge is 0.188 e. The topological polar surface area (TPSA) is 18.5 Å². The van der Waals surface area contributed by atoms with Crippen LogP contribution in [0, 0.1) is 6.92 Å². The van der Waals surface area contributed by atoms with E-state index in [-0.39, 0.29) is 0 Å². The molecule has 0 bridgehead atoms. The summed E-state index contributed by atoms with van der Waals surface area (Å²) in [6.45, 7) is 2.35. The molecule has 0 aliphatic heterocycles. The van der Waals surface area contributed by atoms with Gasteiger partial charge in [0.15, 0.2) is 6.79 Å². The molecule has 0 saturated carbocycles. The van der Waals surface area contributed by atoms with E-state index in [1.807, 2.05) is 18.2 Å². The summed E-state index contributed by atoms with van der Waals surface area (Å²) in [6.07, 6.45) is 0. The minimum absolute atomic E-state index is 0.291. The summed E-state index contributed by atoms with van der Waals surface area (Å²) in [5, 5.41) is 2.46. The second-order valence-electron chi connectivity index (χ2n) is 3.46. The molecule has 0 atom stereocenters. The van der Waals surface area contributed by atoms with Crippen LogP contribution in [0.15, 0.2) is 36.4 Å². The Morgan fingerprint density at radius 2 is 1.87 bits per heavy atom. The summed E-state index contributed by atoms with van der Waals surface area (Å²) in [5.74, 6) is 0.885. The third-order valence-electron chi connectivity index (χ3n) is 2.48. The van der Waals surface area contributed by atoms with Gasteiger partial charge in [0.1, 0.15) is 5.75 Å². The highest BCUT2D eigenvalue weighted by molar-refractivity contribution is 5.87.